The fraction of sp³-hybridized carbons (Fsp3) is 0.692. The Balaban J connectivity index is 1.41. The Kier molecular flexibility index (Phi) is 6.80. The number of rotatable bonds is 4. The van der Waals surface area contributed by atoms with Crippen molar-refractivity contribution >= 4 is 11.6 Å². The summed E-state index contributed by atoms with van der Waals surface area (Å²) in [6, 6.07) is 2.07. The van der Waals surface area contributed by atoms with Crippen LogP contribution in [0.25, 0.3) is 5.52 Å². The summed E-state index contributed by atoms with van der Waals surface area (Å²) in [7, 11) is 2.03. The summed E-state index contributed by atoms with van der Waals surface area (Å²) in [5, 5.41) is 0. The fourth-order valence-electron chi connectivity index (χ4n) is 6.43. The van der Waals surface area contributed by atoms with Gasteiger partial charge in [0.15, 0.2) is 0 Å². The van der Waals surface area contributed by atoms with Crippen LogP contribution in [0, 0.1) is 11.3 Å². The molecule has 2 N–H and O–H groups in total. The van der Waals surface area contributed by atoms with Crippen molar-refractivity contribution in [3.05, 3.63) is 40.6 Å². The Hall–Kier alpha value is -2.57. The largest absolute Gasteiger partial charge is 0.444 e. The molecule has 3 fully saturated rings. The van der Waals surface area contributed by atoms with Crippen LogP contribution in [0.5, 0.6) is 0 Å². The molecule has 4 heterocycles. The number of carbonyl (C=O) groups excluding carboxylic acids is 1. The van der Waals surface area contributed by atoms with Crippen LogP contribution in [-0.4, -0.2) is 63.4 Å². The Morgan fingerprint density at radius 1 is 1.21 bits per heavy atom. The first-order valence-corrected chi connectivity index (χ1v) is 13.2. The number of likely N-dealkylation sites (tertiary alicyclic amines) is 1. The van der Waals surface area contributed by atoms with Gasteiger partial charge in [-0.1, -0.05) is 6.42 Å². The number of nitrogens with zero attached hydrogens (tertiary/aromatic N) is 4. The zero-order valence-corrected chi connectivity index (χ0v) is 22.3. The van der Waals surface area contributed by atoms with E-state index in [4.69, 9.17) is 4.74 Å². The summed E-state index contributed by atoms with van der Waals surface area (Å²) in [5.74, 6) is 0.202. The van der Waals surface area contributed by atoms with Crippen molar-refractivity contribution in [1.82, 2.24) is 29.6 Å². The van der Waals surface area contributed by atoms with Crippen LogP contribution < -0.4 is 16.5 Å². The van der Waals surface area contributed by atoms with E-state index in [0.29, 0.717) is 26.2 Å². The van der Waals surface area contributed by atoms with Gasteiger partial charge in [-0.3, -0.25) is 13.9 Å². The number of hydrazine groups is 1. The summed E-state index contributed by atoms with van der Waals surface area (Å²) in [6.45, 7) is 7.34. The molecule has 2 aromatic heterocycles. The molecule has 1 saturated carbocycles. The SMILES string of the molecule is CN1CNNC1CC1(C2CCCC(n3cc4c(C(F)(F)F)cccn4c3=O)C2)CN(C(=O)OC(C)(C)C)C1. The number of alkyl halides is 3. The highest BCUT2D eigenvalue weighted by Crippen LogP contribution is 2.51. The predicted molar refractivity (Wildman–Crippen MR) is 135 cm³/mol. The molecule has 0 radical (unpaired) electrons. The van der Waals surface area contributed by atoms with E-state index >= 15 is 0 Å². The average Bonchev–Trinajstić information content (AvgIpc) is 3.36. The summed E-state index contributed by atoms with van der Waals surface area (Å²) < 4.78 is 49.1. The lowest BCUT2D eigenvalue weighted by atomic mass is 9.61. The smallest absolute Gasteiger partial charge is 0.418 e. The molecule has 38 heavy (non-hydrogen) atoms. The van der Waals surface area contributed by atoms with Gasteiger partial charge in [0.05, 0.1) is 23.9 Å². The van der Waals surface area contributed by atoms with Crippen LogP contribution in [0.15, 0.2) is 29.3 Å². The number of aromatic nitrogens is 2. The third-order valence-electron chi connectivity index (χ3n) is 8.33. The lowest BCUT2D eigenvalue weighted by Crippen LogP contribution is -2.64. The number of hydrogen-bond donors (Lipinski definition) is 2. The first kappa shape index (κ1) is 27.0. The third-order valence-corrected chi connectivity index (χ3v) is 8.33. The van der Waals surface area contributed by atoms with Crippen LogP contribution in [-0.2, 0) is 10.9 Å². The van der Waals surface area contributed by atoms with E-state index in [-0.39, 0.29) is 35.2 Å². The minimum absolute atomic E-state index is 0.0882. The molecule has 0 aromatic carbocycles. The lowest BCUT2D eigenvalue weighted by molar-refractivity contribution is -0.136. The monoisotopic (exact) mass is 538 g/mol. The number of carbonyl (C=O) groups is 1. The molecule has 0 bridgehead atoms. The topological polar surface area (TPSA) is 83.3 Å². The van der Waals surface area contributed by atoms with Crippen LogP contribution in [0.4, 0.5) is 18.0 Å². The average molecular weight is 539 g/mol. The number of pyridine rings is 1. The van der Waals surface area contributed by atoms with Crippen LogP contribution >= 0.6 is 0 Å². The molecule has 2 aliphatic heterocycles. The Labute approximate surface area is 219 Å². The van der Waals surface area contributed by atoms with Gasteiger partial charge < -0.3 is 9.64 Å². The van der Waals surface area contributed by atoms with Gasteiger partial charge in [-0.05, 0) is 71.6 Å². The second kappa shape index (κ2) is 9.56. The van der Waals surface area contributed by atoms with Crippen LogP contribution in [0.3, 0.4) is 0 Å². The van der Waals surface area contributed by atoms with Gasteiger partial charge in [0.1, 0.15) is 5.60 Å². The maximum Gasteiger partial charge on any atom is 0.418 e. The molecule has 12 heteroatoms. The van der Waals surface area contributed by atoms with Crippen LogP contribution in [0.1, 0.15) is 64.5 Å². The number of imidazole rings is 1. The highest BCUT2D eigenvalue weighted by Gasteiger charge is 2.53. The Bertz CT molecular complexity index is 1240. The maximum absolute atomic E-state index is 13.6. The predicted octanol–water partition coefficient (Wildman–Crippen LogP) is 3.80. The standard InChI is InChI=1S/C26H37F3N6O3/c1-24(2,3)38-23(37)33-14-25(15-33,12-21-31-30-16-32(21)4)17-7-5-8-18(11-17)35-13-20-19(26(27,28)29)9-6-10-34(20)22(35)36/h6,9-10,13,17-18,21,30-31H,5,7-8,11-12,14-16H2,1-4H3. The summed E-state index contributed by atoms with van der Waals surface area (Å²) in [4.78, 5) is 29.9. The highest BCUT2D eigenvalue weighted by atomic mass is 19.4. The van der Waals surface area contributed by atoms with Gasteiger partial charge >= 0.3 is 18.0 Å². The van der Waals surface area contributed by atoms with Crippen molar-refractivity contribution in [2.75, 3.05) is 26.8 Å². The zero-order valence-electron chi connectivity index (χ0n) is 22.3. The molecular formula is C26H37F3N6O3. The van der Waals surface area contributed by atoms with Gasteiger partial charge in [0.25, 0.3) is 0 Å². The molecule has 0 spiro atoms. The van der Waals surface area contributed by atoms with Crippen molar-refractivity contribution in [2.24, 2.45) is 11.3 Å². The summed E-state index contributed by atoms with van der Waals surface area (Å²) in [5.41, 5.74) is 4.33. The summed E-state index contributed by atoms with van der Waals surface area (Å²) >= 11 is 0. The number of ether oxygens (including phenoxy) is 1. The normalized spacial score (nSPS) is 26.5. The van der Waals surface area contributed by atoms with Gasteiger partial charge in [0.2, 0.25) is 0 Å². The molecule has 1 amide bonds. The van der Waals surface area contributed by atoms with E-state index in [1.54, 1.807) is 4.90 Å². The van der Waals surface area contributed by atoms with Crippen molar-refractivity contribution in [2.45, 2.75) is 76.9 Å². The number of amides is 1. The van der Waals surface area contributed by atoms with E-state index in [9.17, 15) is 22.8 Å². The van der Waals surface area contributed by atoms with Crippen molar-refractivity contribution in [1.29, 1.82) is 0 Å². The molecule has 9 nitrogen and oxygen atoms in total. The molecular weight excluding hydrogens is 501 g/mol. The Morgan fingerprint density at radius 3 is 2.58 bits per heavy atom. The van der Waals surface area contributed by atoms with Gasteiger partial charge in [-0.25, -0.2) is 20.4 Å². The zero-order chi connectivity index (χ0) is 27.5. The van der Waals surface area contributed by atoms with Gasteiger partial charge in [0, 0.05) is 36.9 Å². The van der Waals surface area contributed by atoms with E-state index in [1.165, 1.54) is 23.0 Å². The Morgan fingerprint density at radius 2 is 1.95 bits per heavy atom. The quantitative estimate of drug-likeness (QED) is 0.616. The molecule has 5 rings (SSSR count). The summed E-state index contributed by atoms with van der Waals surface area (Å²) in [6.07, 6.45) is 1.98. The first-order valence-electron chi connectivity index (χ1n) is 13.2. The van der Waals surface area contributed by atoms with E-state index in [1.807, 2.05) is 27.8 Å². The second-order valence-electron chi connectivity index (χ2n) is 12.2. The van der Waals surface area contributed by atoms with E-state index in [2.05, 4.69) is 15.8 Å². The van der Waals surface area contributed by atoms with Crippen molar-refractivity contribution in [3.63, 3.8) is 0 Å². The number of nitrogens with one attached hydrogen (secondary N) is 2. The highest BCUT2D eigenvalue weighted by molar-refractivity contribution is 5.69. The number of fused-ring (bicyclic) bond motifs is 1. The first-order chi connectivity index (χ1) is 17.8. The van der Waals surface area contributed by atoms with Gasteiger partial charge in [-0.2, -0.15) is 13.2 Å². The number of hydrogen-bond acceptors (Lipinski definition) is 6. The molecule has 3 atom stereocenters. The minimum Gasteiger partial charge on any atom is -0.444 e. The van der Waals surface area contributed by atoms with Crippen LogP contribution in [0.2, 0.25) is 0 Å². The minimum atomic E-state index is -4.55. The van der Waals surface area contributed by atoms with Gasteiger partial charge in [-0.15, -0.1) is 0 Å². The molecule has 2 aromatic rings. The number of halogens is 3. The van der Waals surface area contributed by atoms with E-state index in [0.717, 1.165) is 36.2 Å². The van der Waals surface area contributed by atoms with E-state index < -0.39 is 23.0 Å². The van der Waals surface area contributed by atoms with Crippen molar-refractivity contribution in [3.8, 4) is 0 Å². The molecule has 2 saturated heterocycles. The van der Waals surface area contributed by atoms with Crippen molar-refractivity contribution < 1.29 is 22.7 Å². The fourth-order valence-corrected chi connectivity index (χ4v) is 6.43. The molecule has 1 aliphatic carbocycles. The second-order valence-corrected chi connectivity index (χ2v) is 12.2. The lowest BCUT2D eigenvalue weighted by Gasteiger charge is -2.56. The third kappa shape index (κ3) is 5.05. The maximum atomic E-state index is 13.6. The molecule has 3 unspecified atom stereocenters. The molecule has 210 valence electrons. The molecule has 3 aliphatic rings.